The van der Waals surface area contributed by atoms with Crippen molar-refractivity contribution < 1.29 is 14.7 Å². The van der Waals surface area contributed by atoms with Crippen LogP contribution in [0.15, 0.2) is 24.3 Å². The van der Waals surface area contributed by atoms with E-state index < -0.39 is 12.0 Å². The molecule has 0 saturated carbocycles. The quantitative estimate of drug-likeness (QED) is 0.773. The number of nitrogens with one attached hydrogen (secondary N) is 1. The molecular formula is C13H16N2O3. The molecule has 96 valence electrons. The molecule has 2 rings (SSSR count). The van der Waals surface area contributed by atoms with Gasteiger partial charge in [-0.25, -0.2) is 4.79 Å². The number of carboxylic acids is 1. The fraction of sp³-hybridized carbons (Fsp3) is 0.385. The Bertz CT molecular complexity index is 473. The predicted molar refractivity (Wildman–Crippen MR) is 68.1 cm³/mol. The molecule has 1 saturated heterocycles. The van der Waals surface area contributed by atoms with Gasteiger partial charge in [-0.1, -0.05) is 12.1 Å². The van der Waals surface area contributed by atoms with Gasteiger partial charge in [-0.05, 0) is 19.1 Å². The number of carboxylic acid groups (broad SMARTS) is 1. The van der Waals surface area contributed by atoms with E-state index in [4.69, 9.17) is 0 Å². The number of ketones is 1. The number of carbonyl (C=O) groups excluding carboxylic acids is 1. The number of hydrogen-bond donors (Lipinski definition) is 2. The molecule has 1 atom stereocenters. The molecule has 0 aliphatic carbocycles. The van der Waals surface area contributed by atoms with E-state index in [0.717, 1.165) is 12.2 Å². The zero-order valence-corrected chi connectivity index (χ0v) is 10.2. The Hall–Kier alpha value is -1.88. The van der Waals surface area contributed by atoms with Gasteiger partial charge in [-0.2, -0.15) is 0 Å². The highest BCUT2D eigenvalue weighted by Crippen LogP contribution is 2.20. The van der Waals surface area contributed by atoms with Gasteiger partial charge in [-0.15, -0.1) is 0 Å². The highest BCUT2D eigenvalue weighted by atomic mass is 16.4. The molecule has 2 N–H and O–H groups in total. The highest BCUT2D eigenvalue weighted by Gasteiger charge is 2.28. The number of nitrogens with zero attached hydrogens (tertiary/aromatic N) is 1. The third-order valence-electron chi connectivity index (χ3n) is 3.11. The molecule has 1 fully saturated rings. The Morgan fingerprint density at radius 2 is 2.22 bits per heavy atom. The topological polar surface area (TPSA) is 69.6 Å². The summed E-state index contributed by atoms with van der Waals surface area (Å²) >= 11 is 0. The largest absolute Gasteiger partial charge is 0.480 e. The zero-order chi connectivity index (χ0) is 13.1. The van der Waals surface area contributed by atoms with Crippen molar-refractivity contribution >= 4 is 17.4 Å². The first kappa shape index (κ1) is 12.6. The van der Waals surface area contributed by atoms with Gasteiger partial charge in [0, 0.05) is 30.9 Å². The molecule has 1 aliphatic heterocycles. The Kier molecular flexibility index (Phi) is 3.62. The summed E-state index contributed by atoms with van der Waals surface area (Å²) in [6.45, 7) is 3.29. The minimum atomic E-state index is -0.851. The first-order valence-electron chi connectivity index (χ1n) is 5.91. The molecule has 1 aromatic carbocycles. The van der Waals surface area contributed by atoms with Crippen LogP contribution in [0.4, 0.5) is 5.69 Å². The van der Waals surface area contributed by atoms with E-state index in [-0.39, 0.29) is 5.78 Å². The third kappa shape index (κ3) is 2.51. The van der Waals surface area contributed by atoms with Crippen LogP contribution in [-0.4, -0.2) is 42.5 Å². The van der Waals surface area contributed by atoms with Crippen LogP contribution in [0.3, 0.4) is 0 Å². The monoisotopic (exact) mass is 248 g/mol. The summed E-state index contributed by atoms with van der Waals surface area (Å²) in [5, 5.41) is 12.3. The number of rotatable bonds is 3. The minimum absolute atomic E-state index is 0.0149. The second-order valence-electron chi connectivity index (χ2n) is 4.36. The standard InChI is InChI=1S/C13H16N2O3/c1-9(16)10-3-2-4-11(7-10)15-6-5-14-8-12(15)13(17)18/h2-4,7,12,14H,5-6,8H2,1H3,(H,17,18). The van der Waals surface area contributed by atoms with Gasteiger partial charge in [-0.3, -0.25) is 4.79 Å². The van der Waals surface area contributed by atoms with Crippen LogP contribution in [0.25, 0.3) is 0 Å². The number of piperazine rings is 1. The van der Waals surface area contributed by atoms with Crippen LogP contribution in [-0.2, 0) is 4.79 Å². The van der Waals surface area contributed by atoms with E-state index in [1.54, 1.807) is 18.2 Å². The normalized spacial score (nSPS) is 19.6. The van der Waals surface area contributed by atoms with E-state index in [9.17, 15) is 14.7 Å². The van der Waals surface area contributed by atoms with Crippen molar-refractivity contribution in [3.05, 3.63) is 29.8 Å². The van der Waals surface area contributed by atoms with Gasteiger partial charge in [0.15, 0.2) is 5.78 Å². The van der Waals surface area contributed by atoms with Crippen molar-refractivity contribution in [2.45, 2.75) is 13.0 Å². The number of carbonyl (C=O) groups is 2. The van der Waals surface area contributed by atoms with Gasteiger partial charge in [0.1, 0.15) is 6.04 Å². The Balaban J connectivity index is 2.30. The van der Waals surface area contributed by atoms with Gasteiger partial charge in [0.25, 0.3) is 0 Å². The fourth-order valence-electron chi connectivity index (χ4n) is 2.14. The predicted octanol–water partition coefficient (Wildman–Crippen LogP) is 0.752. The molecule has 5 heteroatoms. The summed E-state index contributed by atoms with van der Waals surface area (Å²) in [7, 11) is 0. The maximum absolute atomic E-state index is 11.3. The summed E-state index contributed by atoms with van der Waals surface area (Å²) in [5.41, 5.74) is 1.40. The maximum Gasteiger partial charge on any atom is 0.327 e. The van der Waals surface area contributed by atoms with Crippen LogP contribution >= 0.6 is 0 Å². The molecule has 0 bridgehead atoms. The first-order chi connectivity index (χ1) is 8.59. The smallest absolute Gasteiger partial charge is 0.327 e. The summed E-state index contributed by atoms with van der Waals surface area (Å²) in [4.78, 5) is 24.4. The Labute approximate surface area is 105 Å². The first-order valence-corrected chi connectivity index (χ1v) is 5.91. The molecule has 0 radical (unpaired) electrons. The number of aliphatic carboxylic acids is 1. The van der Waals surface area contributed by atoms with E-state index in [1.807, 2.05) is 11.0 Å². The second kappa shape index (κ2) is 5.18. The molecule has 1 unspecified atom stereocenters. The van der Waals surface area contributed by atoms with E-state index >= 15 is 0 Å². The highest BCUT2D eigenvalue weighted by molar-refractivity contribution is 5.95. The van der Waals surface area contributed by atoms with Crippen LogP contribution in [0.2, 0.25) is 0 Å². The lowest BCUT2D eigenvalue weighted by atomic mass is 10.1. The Morgan fingerprint density at radius 3 is 2.89 bits per heavy atom. The zero-order valence-electron chi connectivity index (χ0n) is 10.2. The van der Waals surface area contributed by atoms with Crippen LogP contribution in [0.1, 0.15) is 17.3 Å². The van der Waals surface area contributed by atoms with Gasteiger partial charge >= 0.3 is 5.97 Å². The third-order valence-corrected chi connectivity index (χ3v) is 3.11. The number of benzene rings is 1. The van der Waals surface area contributed by atoms with Gasteiger partial charge < -0.3 is 15.3 Å². The lowest BCUT2D eigenvalue weighted by molar-refractivity contribution is -0.138. The van der Waals surface area contributed by atoms with Crippen molar-refractivity contribution in [3.63, 3.8) is 0 Å². The number of anilines is 1. The average Bonchev–Trinajstić information content (AvgIpc) is 2.39. The Morgan fingerprint density at radius 1 is 1.44 bits per heavy atom. The van der Waals surface area contributed by atoms with Crippen LogP contribution in [0.5, 0.6) is 0 Å². The van der Waals surface area contributed by atoms with Crippen molar-refractivity contribution in [2.24, 2.45) is 0 Å². The van der Waals surface area contributed by atoms with Crippen molar-refractivity contribution in [2.75, 3.05) is 24.5 Å². The van der Waals surface area contributed by atoms with E-state index in [2.05, 4.69) is 5.32 Å². The minimum Gasteiger partial charge on any atom is -0.480 e. The molecule has 1 aliphatic rings. The summed E-state index contributed by atoms with van der Waals surface area (Å²) in [5.74, 6) is -0.866. The lowest BCUT2D eigenvalue weighted by Gasteiger charge is -2.35. The molecule has 1 aromatic rings. The molecule has 18 heavy (non-hydrogen) atoms. The summed E-state index contributed by atoms with van der Waals surface area (Å²) in [6.07, 6.45) is 0. The molecule has 0 aromatic heterocycles. The van der Waals surface area contributed by atoms with Crippen LogP contribution < -0.4 is 10.2 Å². The summed E-state index contributed by atoms with van der Waals surface area (Å²) < 4.78 is 0. The van der Waals surface area contributed by atoms with E-state index in [0.29, 0.717) is 18.7 Å². The molecule has 0 spiro atoms. The summed E-state index contributed by atoms with van der Waals surface area (Å²) in [6, 6.07) is 6.54. The van der Waals surface area contributed by atoms with Crippen LogP contribution in [0, 0.1) is 0 Å². The fourth-order valence-corrected chi connectivity index (χ4v) is 2.14. The second-order valence-corrected chi connectivity index (χ2v) is 4.36. The maximum atomic E-state index is 11.3. The SMILES string of the molecule is CC(=O)c1cccc(N2CCNCC2C(=O)O)c1. The van der Waals surface area contributed by atoms with Crippen molar-refractivity contribution in [1.29, 1.82) is 0 Å². The molecular weight excluding hydrogens is 232 g/mol. The number of Topliss-reactive ketones (excluding diaryl/α,β-unsaturated/α-hetero) is 1. The molecule has 1 heterocycles. The van der Waals surface area contributed by atoms with Crippen molar-refractivity contribution in [3.8, 4) is 0 Å². The molecule has 0 amide bonds. The van der Waals surface area contributed by atoms with E-state index in [1.165, 1.54) is 6.92 Å². The molecule has 5 nitrogen and oxygen atoms in total. The van der Waals surface area contributed by atoms with Gasteiger partial charge in [0.05, 0.1) is 0 Å². The average molecular weight is 248 g/mol. The lowest BCUT2D eigenvalue weighted by Crippen LogP contribution is -2.55. The number of hydrogen-bond acceptors (Lipinski definition) is 4. The van der Waals surface area contributed by atoms with Crippen molar-refractivity contribution in [1.82, 2.24) is 5.32 Å². The van der Waals surface area contributed by atoms with Gasteiger partial charge in [0.2, 0.25) is 0 Å².